The zero-order chi connectivity index (χ0) is 11.1. The molecule has 5 nitrogen and oxygen atoms in total. The molecule has 0 bridgehead atoms. The van der Waals surface area contributed by atoms with Crippen molar-refractivity contribution in [1.29, 1.82) is 0 Å². The summed E-state index contributed by atoms with van der Waals surface area (Å²) < 4.78 is 13.2. The minimum atomic E-state index is 0.321. The molecule has 2 atom stereocenters. The molecule has 0 unspecified atom stereocenters. The standard InChI is InChI=1S/C10H11IN2O3/c11-10-9(16-5-14)7-2-1-6-3-15-4-8(6)13(7)12-10/h5-6,8H,1-4H2/t6-,8+/m1/s1. The van der Waals surface area contributed by atoms with Gasteiger partial charge in [-0.1, -0.05) is 0 Å². The molecule has 1 aromatic rings. The second-order valence-electron chi connectivity index (χ2n) is 4.13. The number of rotatable bonds is 2. The molecule has 1 fully saturated rings. The number of hydrogen-bond acceptors (Lipinski definition) is 4. The fourth-order valence-corrected chi connectivity index (χ4v) is 3.22. The van der Waals surface area contributed by atoms with Crippen LogP contribution in [-0.4, -0.2) is 29.5 Å². The number of aromatic nitrogens is 2. The summed E-state index contributed by atoms with van der Waals surface area (Å²) in [5, 5.41) is 4.45. The first-order chi connectivity index (χ1) is 7.81. The Labute approximate surface area is 106 Å². The van der Waals surface area contributed by atoms with Crippen LogP contribution in [0, 0.1) is 9.62 Å². The van der Waals surface area contributed by atoms with Gasteiger partial charge in [0.15, 0.2) is 9.45 Å². The van der Waals surface area contributed by atoms with E-state index in [1.54, 1.807) is 0 Å². The molecule has 0 radical (unpaired) electrons. The van der Waals surface area contributed by atoms with Crippen LogP contribution < -0.4 is 4.74 Å². The average molecular weight is 334 g/mol. The number of carbonyl (C=O) groups excluding carboxylic acids is 1. The van der Waals surface area contributed by atoms with Gasteiger partial charge in [-0.05, 0) is 35.4 Å². The molecule has 2 aliphatic rings. The Balaban J connectivity index is 2.04. The fraction of sp³-hybridized carbons (Fsp3) is 0.600. The fourth-order valence-electron chi connectivity index (χ4n) is 2.55. The molecule has 3 heterocycles. The van der Waals surface area contributed by atoms with E-state index in [9.17, 15) is 4.79 Å². The number of hydrogen-bond donors (Lipinski definition) is 0. The van der Waals surface area contributed by atoms with Crippen LogP contribution in [0.4, 0.5) is 0 Å². The summed E-state index contributed by atoms with van der Waals surface area (Å²) in [5.41, 5.74) is 1.03. The molecule has 3 rings (SSSR count). The molecular weight excluding hydrogens is 323 g/mol. The lowest BCUT2D eigenvalue weighted by Crippen LogP contribution is -2.26. The van der Waals surface area contributed by atoms with Crippen molar-refractivity contribution in [2.45, 2.75) is 18.9 Å². The Bertz CT molecular complexity index is 432. The van der Waals surface area contributed by atoms with Gasteiger partial charge in [-0.15, -0.1) is 0 Å². The number of fused-ring (bicyclic) bond motifs is 3. The van der Waals surface area contributed by atoms with Gasteiger partial charge in [0.1, 0.15) is 0 Å². The molecule has 2 aliphatic heterocycles. The van der Waals surface area contributed by atoms with E-state index in [1.807, 2.05) is 4.68 Å². The van der Waals surface area contributed by atoms with Crippen LogP contribution in [0.1, 0.15) is 18.2 Å². The zero-order valence-electron chi connectivity index (χ0n) is 8.56. The van der Waals surface area contributed by atoms with Crippen molar-refractivity contribution >= 4 is 29.1 Å². The lowest BCUT2D eigenvalue weighted by Gasteiger charge is -2.25. The van der Waals surface area contributed by atoms with Crippen LogP contribution >= 0.6 is 22.6 Å². The summed E-state index contributed by atoms with van der Waals surface area (Å²) in [5.74, 6) is 1.19. The first-order valence-corrected chi connectivity index (χ1v) is 6.34. The van der Waals surface area contributed by atoms with Gasteiger partial charge < -0.3 is 9.47 Å². The molecule has 1 saturated heterocycles. The highest BCUT2D eigenvalue weighted by Crippen LogP contribution is 2.39. The van der Waals surface area contributed by atoms with Crippen LogP contribution in [0.2, 0.25) is 0 Å². The SMILES string of the molecule is O=COc1c(I)nn2c1CC[C@@H]1COC[C@@H]12. The highest BCUT2D eigenvalue weighted by Gasteiger charge is 2.37. The molecule has 86 valence electrons. The second-order valence-corrected chi connectivity index (χ2v) is 5.15. The third-order valence-electron chi connectivity index (χ3n) is 3.32. The molecule has 0 amide bonds. The van der Waals surface area contributed by atoms with Crippen molar-refractivity contribution in [2.75, 3.05) is 13.2 Å². The number of carbonyl (C=O) groups is 1. The van der Waals surface area contributed by atoms with Gasteiger partial charge in [-0.25, -0.2) is 0 Å². The summed E-state index contributed by atoms with van der Waals surface area (Å²) in [6, 6.07) is 0.321. The third kappa shape index (κ3) is 1.46. The summed E-state index contributed by atoms with van der Waals surface area (Å²) >= 11 is 2.10. The van der Waals surface area contributed by atoms with Crippen molar-refractivity contribution < 1.29 is 14.3 Å². The summed E-state index contributed by atoms with van der Waals surface area (Å²) in [6.45, 7) is 2.01. The summed E-state index contributed by atoms with van der Waals surface area (Å²) in [7, 11) is 0. The first-order valence-electron chi connectivity index (χ1n) is 5.26. The van der Waals surface area contributed by atoms with Gasteiger partial charge >= 0.3 is 0 Å². The molecule has 0 spiro atoms. The van der Waals surface area contributed by atoms with Crippen LogP contribution in [-0.2, 0) is 16.0 Å². The second kappa shape index (κ2) is 3.99. The minimum absolute atomic E-state index is 0.321. The Morgan fingerprint density at radius 2 is 2.44 bits per heavy atom. The molecule has 6 heteroatoms. The quantitative estimate of drug-likeness (QED) is 0.602. The molecule has 0 aromatic carbocycles. The van der Waals surface area contributed by atoms with E-state index in [4.69, 9.17) is 9.47 Å². The number of nitrogens with zero attached hydrogens (tertiary/aromatic N) is 2. The van der Waals surface area contributed by atoms with E-state index >= 15 is 0 Å². The average Bonchev–Trinajstić information content (AvgIpc) is 2.84. The van der Waals surface area contributed by atoms with Crippen molar-refractivity contribution in [3.05, 3.63) is 9.39 Å². The van der Waals surface area contributed by atoms with E-state index in [0.717, 1.165) is 35.4 Å². The van der Waals surface area contributed by atoms with Gasteiger partial charge in [0.2, 0.25) is 0 Å². The van der Waals surface area contributed by atoms with E-state index < -0.39 is 0 Å². The topological polar surface area (TPSA) is 53.3 Å². The van der Waals surface area contributed by atoms with Crippen LogP contribution in [0.5, 0.6) is 5.75 Å². The molecule has 16 heavy (non-hydrogen) atoms. The highest BCUT2D eigenvalue weighted by atomic mass is 127. The van der Waals surface area contributed by atoms with Crippen molar-refractivity contribution in [1.82, 2.24) is 9.78 Å². The lowest BCUT2D eigenvalue weighted by atomic mass is 9.93. The largest absolute Gasteiger partial charge is 0.424 e. The van der Waals surface area contributed by atoms with Gasteiger partial charge in [0, 0.05) is 5.92 Å². The van der Waals surface area contributed by atoms with E-state index in [0.29, 0.717) is 24.2 Å². The number of ether oxygens (including phenoxy) is 2. The van der Waals surface area contributed by atoms with Crippen molar-refractivity contribution in [2.24, 2.45) is 5.92 Å². The normalized spacial score (nSPS) is 27.3. The monoisotopic (exact) mass is 334 g/mol. The summed E-state index contributed by atoms with van der Waals surface area (Å²) in [4.78, 5) is 10.5. The Morgan fingerprint density at radius 3 is 3.25 bits per heavy atom. The van der Waals surface area contributed by atoms with E-state index in [-0.39, 0.29) is 0 Å². The van der Waals surface area contributed by atoms with Gasteiger partial charge in [-0.2, -0.15) is 5.10 Å². The Morgan fingerprint density at radius 1 is 1.56 bits per heavy atom. The van der Waals surface area contributed by atoms with E-state index in [1.165, 1.54) is 0 Å². The van der Waals surface area contributed by atoms with E-state index in [2.05, 4.69) is 27.7 Å². The zero-order valence-corrected chi connectivity index (χ0v) is 10.7. The van der Waals surface area contributed by atoms with Gasteiger partial charge in [-0.3, -0.25) is 9.48 Å². The number of halogens is 1. The molecule has 0 aliphatic carbocycles. The first kappa shape index (κ1) is 10.5. The van der Waals surface area contributed by atoms with Crippen molar-refractivity contribution in [3.63, 3.8) is 0 Å². The maximum Gasteiger partial charge on any atom is 0.298 e. The summed E-state index contributed by atoms with van der Waals surface area (Å²) in [6.07, 6.45) is 1.99. The predicted octanol–water partition coefficient (Wildman–Crippen LogP) is 1.16. The lowest BCUT2D eigenvalue weighted by molar-refractivity contribution is -0.120. The molecule has 0 N–H and O–H groups in total. The van der Waals surface area contributed by atoms with Crippen LogP contribution in [0.15, 0.2) is 0 Å². The maximum atomic E-state index is 10.5. The third-order valence-corrected chi connectivity index (χ3v) is 4.02. The van der Waals surface area contributed by atoms with Crippen LogP contribution in [0.25, 0.3) is 0 Å². The van der Waals surface area contributed by atoms with Crippen LogP contribution in [0.3, 0.4) is 0 Å². The smallest absolute Gasteiger partial charge is 0.298 e. The highest BCUT2D eigenvalue weighted by molar-refractivity contribution is 14.1. The van der Waals surface area contributed by atoms with Gasteiger partial charge in [0.25, 0.3) is 6.47 Å². The molecular formula is C10H11IN2O3. The molecule has 0 saturated carbocycles. The van der Waals surface area contributed by atoms with Crippen molar-refractivity contribution in [3.8, 4) is 5.75 Å². The Hall–Kier alpha value is -0.630. The Kier molecular flexibility index (Phi) is 2.62. The minimum Gasteiger partial charge on any atom is -0.424 e. The molecule has 1 aromatic heterocycles. The van der Waals surface area contributed by atoms with Gasteiger partial charge in [0.05, 0.1) is 24.9 Å². The predicted molar refractivity (Wildman–Crippen MR) is 63.3 cm³/mol. The maximum absolute atomic E-state index is 10.5.